The lowest BCUT2D eigenvalue weighted by molar-refractivity contribution is -0.137. The van der Waals surface area contributed by atoms with Crippen molar-refractivity contribution < 1.29 is 18.0 Å². The van der Waals surface area contributed by atoms with Gasteiger partial charge in [-0.15, -0.1) is 0 Å². The van der Waals surface area contributed by atoms with Gasteiger partial charge in [-0.2, -0.15) is 18.4 Å². The van der Waals surface area contributed by atoms with Crippen LogP contribution in [0.4, 0.5) is 13.2 Å². The van der Waals surface area contributed by atoms with Gasteiger partial charge in [0.1, 0.15) is 6.04 Å². The van der Waals surface area contributed by atoms with Gasteiger partial charge in [-0.25, -0.2) is 0 Å². The van der Waals surface area contributed by atoms with Crippen molar-refractivity contribution in [2.75, 3.05) is 45.8 Å². The molecule has 0 N–H and O–H groups in total. The van der Waals surface area contributed by atoms with Gasteiger partial charge in [0.15, 0.2) is 0 Å². The molecule has 1 aromatic rings. The lowest BCUT2D eigenvalue weighted by atomic mass is 10.0. The second-order valence-electron chi connectivity index (χ2n) is 6.96. The van der Waals surface area contributed by atoms with E-state index in [1.165, 1.54) is 11.0 Å². The molecule has 2 aliphatic rings. The molecule has 0 aliphatic carbocycles. The zero-order valence-electron chi connectivity index (χ0n) is 15.3. The minimum atomic E-state index is -4.49. The summed E-state index contributed by atoms with van der Waals surface area (Å²) in [7, 11) is 0. The molecule has 27 heavy (non-hydrogen) atoms. The van der Waals surface area contributed by atoms with Crippen LogP contribution in [0.5, 0.6) is 0 Å². The zero-order valence-corrected chi connectivity index (χ0v) is 15.3. The monoisotopic (exact) mass is 380 g/mol. The Hall–Kier alpha value is -2.11. The van der Waals surface area contributed by atoms with Crippen LogP contribution in [-0.2, 0) is 6.18 Å². The van der Waals surface area contributed by atoms with Gasteiger partial charge in [0, 0.05) is 43.9 Å². The van der Waals surface area contributed by atoms with E-state index in [1.807, 2.05) is 6.07 Å². The highest BCUT2D eigenvalue weighted by Gasteiger charge is 2.39. The van der Waals surface area contributed by atoms with Crippen LogP contribution in [0.25, 0.3) is 0 Å². The lowest BCUT2D eigenvalue weighted by Gasteiger charge is -2.34. The van der Waals surface area contributed by atoms with Crippen LogP contribution in [0.15, 0.2) is 18.2 Å². The average molecular weight is 380 g/mol. The molecular weight excluding hydrogens is 357 g/mol. The summed E-state index contributed by atoms with van der Waals surface area (Å²) in [5, 5.41) is 9.46. The largest absolute Gasteiger partial charge is 0.416 e. The third kappa shape index (κ3) is 4.09. The molecule has 1 fully saturated rings. The van der Waals surface area contributed by atoms with E-state index in [0.29, 0.717) is 13.0 Å². The van der Waals surface area contributed by atoms with Crippen molar-refractivity contribution in [2.45, 2.75) is 25.6 Å². The van der Waals surface area contributed by atoms with Crippen molar-refractivity contribution >= 4 is 5.91 Å². The minimum absolute atomic E-state index is 0.161. The first kappa shape index (κ1) is 19.6. The highest BCUT2D eigenvalue weighted by Crippen LogP contribution is 2.38. The number of hydrogen-bond donors (Lipinski definition) is 0. The van der Waals surface area contributed by atoms with Gasteiger partial charge < -0.3 is 14.7 Å². The third-order valence-electron chi connectivity index (χ3n) is 5.38. The molecule has 1 aromatic carbocycles. The summed E-state index contributed by atoms with van der Waals surface area (Å²) in [4.78, 5) is 18.7. The van der Waals surface area contributed by atoms with Crippen LogP contribution < -0.4 is 0 Å². The fourth-order valence-electron chi connectivity index (χ4n) is 3.76. The van der Waals surface area contributed by atoms with Crippen molar-refractivity contribution in [3.05, 3.63) is 34.9 Å². The van der Waals surface area contributed by atoms with E-state index in [2.05, 4.69) is 16.7 Å². The first-order valence-corrected chi connectivity index (χ1v) is 9.21. The smallest absolute Gasteiger partial charge is 0.318 e. The van der Waals surface area contributed by atoms with Crippen molar-refractivity contribution in [1.82, 2.24) is 14.7 Å². The number of carbonyl (C=O) groups is 1. The lowest BCUT2D eigenvalue weighted by Crippen LogP contribution is -2.46. The van der Waals surface area contributed by atoms with Gasteiger partial charge in [0.25, 0.3) is 5.91 Å². The molecule has 0 spiro atoms. The Morgan fingerprint density at radius 3 is 2.41 bits per heavy atom. The maximum absolute atomic E-state index is 13.0. The van der Waals surface area contributed by atoms with Gasteiger partial charge in [-0.05, 0) is 37.7 Å². The van der Waals surface area contributed by atoms with E-state index < -0.39 is 17.8 Å². The number of nitriles is 1. The van der Waals surface area contributed by atoms with Crippen LogP contribution in [0.2, 0.25) is 0 Å². The summed E-state index contributed by atoms with van der Waals surface area (Å²) < 4.78 is 38.9. The summed E-state index contributed by atoms with van der Waals surface area (Å²) in [6.45, 7) is 8.33. The van der Waals surface area contributed by atoms with E-state index in [-0.39, 0.29) is 17.0 Å². The number of alkyl halides is 3. The fourth-order valence-corrected chi connectivity index (χ4v) is 3.76. The molecule has 2 aliphatic heterocycles. The molecule has 0 aromatic heterocycles. The number of benzene rings is 1. The van der Waals surface area contributed by atoms with Gasteiger partial charge in [-0.3, -0.25) is 4.79 Å². The predicted molar refractivity (Wildman–Crippen MR) is 94.0 cm³/mol. The molecule has 5 nitrogen and oxygen atoms in total. The molecule has 0 bridgehead atoms. The maximum atomic E-state index is 13.0. The normalized spacial score (nSPS) is 21.4. The summed E-state index contributed by atoms with van der Waals surface area (Å²) in [5.41, 5.74) is -0.468. The number of piperazine rings is 1. The molecule has 146 valence electrons. The Balaban J connectivity index is 1.63. The molecule has 3 rings (SSSR count). The number of halogens is 3. The molecule has 0 saturated carbocycles. The summed E-state index contributed by atoms with van der Waals surface area (Å²) in [6, 6.07) is 4.08. The third-order valence-corrected chi connectivity index (χ3v) is 5.38. The summed E-state index contributed by atoms with van der Waals surface area (Å²) in [6.07, 6.45) is -3.80. The number of nitrogens with zero attached hydrogens (tertiary/aromatic N) is 4. The highest BCUT2D eigenvalue weighted by atomic mass is 19.4. The first-order valence-electron chi connectivity index (χ1n) is 9.21. The van der Waals surface area contributed by atoms with Gasteiger partial charge in [-0.1, -0.05) is 6.92 Å². The first-order chi connectivity index (χ1) is 12.8. The van der Waals surface area contributed by atoms with E-state index in [9.17, 15) is 23.2 Å². The van der Waals surface area contributed by atoms with E-state index in [4.69, 9.17) is 0 Å². The van der Waals surface area contributed by atoms with Crippen molar-refractivity contribution in [1.29, 1.82) is 5.26 Å². The zero-order chi connectivity index (χ0) is 19.6. The molecule has 1 unspecified atom stereocenters. The number of fused-ring (bicyclic) bond motifs is 1. The summed E-state index contributed by atoms with van der Waals surface area (Å²) >= 11 is 0. The Kier molecular flexibility index (Phi) is 5.72. The maximum Gasteiger partial charge on any atom is 0.416 e. The van der Waals surface area contributed by atoms with Crippen LogP contribution in [0, 0.1) is 11.3 Å². The van der Waals surface area contributed by atoms with Crippen molar-refractivity contribution in [3.8, 4) is 6.07 Å². The predicted octanol–water partition coefficient (Wildman–Crippen LogP) is 2.75. The number of carbonyl (C=O) groups excluding carboxylic acids is 1. The Morgan fingerprint density at radius 2 is 1.81 bits per heavy atom. The van der Waals surface area contributed by atoms with Gasteiger partial charge in [0.2, 0.25) is 0 Å². The quantitative estimate of drug-likeness (QED) is 0.788. The Bertz CT molecular complexity index is 735. The minimum Gasteiger partial charge on any atom is -0.318 e. The SMILES string of the molecule is CCN1CCN(CCCN2C(=O)c3ccc(C(F)(F)F)cc3C2C#N)CC1. The second kappa shape index (κ2) is 7.87. The topological polar surface area (TPSA) is 50.6 Å². The van der Waals surface area contributed by atoms with E-state index in [0.717, 1.165) is 51.4 Å². The summed E-state index contributed by atoms with van der Waals surface area (Å²) in [5.74, 6) is -0.360. The number of hydrogen-bond acceptors (Lipinski definition) is 4. The van der Waals surface area contributed by atoms with Crippen LogP contribution in [-0.4, -0.2) is 66.4 Å². The van der Waals surface area contributed by atoms with Crippen LogP contribution in [0.1, 0.15) is 40.9 Å². The standard InChI is InChI=1S/C19H23F3N4O/c1-2-24-8-10-25(11-9-24)6-3-7-26-17(13-23)16-12-14(19(20,21)22)4-5-15(16)18(26)27/h4-5,12,17H,2-3,6-11H2,1H3. The molecule has 1 amide bonds. The van der Waals surface area contributed by atoms with E-state index in [1.54, 1.807) is 0 Å². The number of rotatable bonds is 5. The Morgan fingerprint density at radius 1 is 1.15 bits per heavy atom. The second-order valence-corrected chi connectivity index (χ2v) is 6.96. The number of likely N-dealkylation sites (N-methyl/N-ethyl adjacent to an activating group) is 1. The Labute approximate surface area is 156 Å². The van der Waals surface area contributed by atoms with Crippen molar-refractivity contribution in [3.63, 3.8) is 0 Å². The molecule has 1 atom stereocenters. The molecule has 0 radical (unpaired) electrons. The van der Waals surface area contributed by atoms with Crippen molar-refractivity contribution in [2.24, 2.45) is 0 Å². The molecule has 1 saturated heterocycles. The molecule has 2 heterocycles. The van der Waals surface area contributed by atoms with Crippen LogP contribution in [0.3, 0.4) is 0 Å². The molecular formula is C19H23F3N4O. The highest BCUT2D eigenvalue weighted by molar-refractivity contribution is 5.99. The van der Waals surface area contributed by atoms with E-state index >= 15 is 0 Å². The fraction of sp³-hybridized carbons (Fsp3) is 0.579. The van der Waals surface area contributed by atoms with Gasteiger partial charge >= 0.3 is 6.18 Å². The van der Waals surface area contributed by atoms with Crippen LogP contribution >= 0.6 is 0 Å². The average Bonchev–Trinajstić information content (AvgIpc) is 2.92. The number of amides is 1. The van der Waals surface area contributed by atoms with Gasteiger partial charge in [0.05, 0.1) is 11.6 Å². The molecule has 8 heteroatoms.